The molecule has 1 aromatic carbocycles. The molecule has 0 radical (unpaired) electrons. The maximum Gasteiger partial charge on any atom is 0.419 e. The van der Waals surface area contributed by atoms with Crippen molar-refractivity contribution in [3.05, 3.63) is 35.1 Å². The fourth-order valence-electron chi connectivity index (χ4n) is 5.29. The van der Waals surface area contributed by atoms with E-state index in [1.807, 2.05) is 0 Å². The molecule has 26 heavy (non-hydrogen) atoms. The minimum Gasteiger partial charge on any atom is -0.206 e. The third-order valence-corrected chi connectivity index (χ3v) is 6.79. The zero-order chi connectivity index (χ0) is 18.7. The lowest BCUT2D eigenvalue weighted by atomic mass is 9.68. The number of hydrogen-bond acceptors (Lipinski definition) is 0. The van der Waals surface area contributed by atoms with Gasteiger partial charge in [-0.05, 0) is 79.9 Å². The highest BCUT2D eigenvalue weighted by molar-refractivity contribution is 5.30. The molecule has 0 N–H and O–H groups in total. The van der Waals surface area contributed by atoms with Gasteiger partial charge in [0.15, 0.2) is 0 Å². The molecule has 0 nitrogen and oxygen atoms in total. The number of halogens is 4. The summed E-state index contributed by atoms with van der Waals surface area (Å²) in [5.74, 6) is 1.43. The summed E-state index contributed by atoms with van der Waals surface area (Å²) in [4.78, 5) is 0. The minimum atomic E-state index is -4.62. The van der Waals surface area contributed by atoms with Gasteiger partial charge in [-0.15, -0.1) is 0 Å². The molecule has 1 aromatic rings. The summed E-state index contributed by atoms with van der Waals surface area (Å²) in [7, 11) is 0. The molecule has 4 heteroatoms. The van der Waals surface area contributed by atoms with E-state index in [9.17, 15) is 17.6 Å². The van der Waals surface area contributed by atoms with Gasteiger partial charge in [0, 0.05) is 0 Å². The average molecular weight is 370 g/mol. The maximum absolute atomic E-state index is 13.5. The lowest BCUT2D eigenvalue weighted by molar-refractivity contribution is -0.140. The molecule has 0 spiro atoms. The van der Waals surface area contributed by atoms with Gasteiger partial charge < -0.3 is 0 Å². The molecule has 2 fully saturated rings. The van der Waals surface area contributed by atoms with Crippen molar-refractivity contribution in [3.63, 3.8) is 0 Å². The van der Waals surface area contributed by atoms with Crippen LogP contribution in [-0.4, -0.2) is 0 Å². The van der Waals surface area contributed by atoms with Crippen molar-refractivity contribution in [1.82, 2.24) is 0 Å². The Labute approximate surface area is 154 Å². The predicted octanol–water partition coefficient (Wildman–Crippen LogP) is 7.72. The van der Waals surface area contributed by atoms with E-state index in [-0.39, 0.29) is 5.92 Å². The third-order valence-electron chi connectivity index (χ3n) is 6.79. The van der Waals surface area contributed by atoms with Crippen LogP contribution in [0.15, 0.2) is 18.2 Å². The molecule has 0 aromatic heterocycles. The van der Waals surface area contributed by atoms with E-state index in [0.29, 0.717) is 5.56 Å². The Morgan fingerprint density at radius 3 is 2.00 bits per heavy atom. The Kier molecular flexibility index (Phi) is 6.29. The molecular weight excluding hydrogens is 340 g/mol. The zero-order valence-corrected chi connectivity index (χ0v) is 15.6. The molecule has 0 saturated heterocycles. The maximum atomic E-state index is 13.5. The molecule has 0 aliphatic heterocycles. The quantitative estimate of drug-likeness (QED) is 0.476. The zero-order valence-electron chi connectivity index (χ0n) is 15.6. The van der Waals surface area contributed by atoms with E-state index in [1.54, 1.807) is 6.07 Å². The number of alkyl halides is 3. The summed E-state index contributed by atoms with van der Waals surface area (Å²) in [6, 6.07) is 3.57. The van der Waals surface area contributed by atoms with Crippen LogP contribution in [0.25, 0.3) is 0 Å². The van der Waals surface area contributed by atoms with Gasteiger partial charge >= 0.3 is 6.18 Å². The molecule has 0 unspecified atom stereocenters. The molecule has 0 heterocycles. The summed E-state index contributed by atoms with van der Waals surface area (Å²) < 4.78 is 52.3. The Hall–Kier alpha value is -1.06. The highest BCUT2D eigenvalue weighted by atomic mass is 19.4. The van der Waals surface area contributed by atoms with Crippen LogP contribution in [0, 0.1) is 23.6 Å². The monoisotopic (exact) mass is 370 g/mol. The van der Waals surface area contributed by atoms with Crippen LogP contribution in [0.2, 0.25) is 0 Å². The molecular formula is C22H30F4. The fraction of sp³-hybridized carbons (Fsp3) is 0.727. The summed E-state index contributed by atoms with van der Waals surface area (Å²) in [5, 5.41) is 0. The first-order chi connectivity index (χ1) is 12.4. The van der Waals surface area contributed by atoms with Crippen LogP contribution in [0.4, 0.5) is 17.6 Å². The first-order valence-electron chi connectivity index (χ1n) is 10.2. The van der Waals surface area contributed by atoms with Crippen molar-refractivity contribution in [3.8, 4) is 0 Å². The summed E-state index contributed by atoms with van der Waals surface area (Å²) in [5.41, 5.74) is -0.463. The molecule has 146 valence electrons. The van der Waals surface area contributed by atoms with E-state index in [1.165, 1.54) is 38.5 Å². The number of rotatable bonds is 4. The average Bonchev–Trinajstić information content (AvgIpc) is 2.62. The molecule has 0 atom stereocenters. The summed E-state index contributed by atoms with van der Waals surface area (Å²) in [6.45, 7) is 2.26. The van der Waals surface area contributed by atoms with Gasteiger partial charge in [0.25, 0.3) is 0 Å². The van der Waals surface area contributed by atoms with Gasteiger partial charge in [-0.25, -0.2) is 4.39 Å². The molecule has 0 bridgehead atoms. The van der Waals surface area contributed by atoms with E-state index >= 15 is 0 Å². The van der Waals surface area contributed by atoms with Crippen LogP contribution in [0.5, 0.6) is 0 Å². The third kappa shape index (κ3) is 4.61. The lowest BCUT2D eigenvalue weighted by Gasteiger charge is -2.38. The van der Waals surface area contributed by atoms with Gasteiger partial charge in [0.2, 0.25) is 0 Å². The van der Waals surface area contributed by atoms with Gasteiger partial charge in [0.1, 0.15) is 5.82 Å². The summed E-state index contributed by atoms with van der Waals surface area (Å²) in [6.07, 6.45) is 7.45. The van der Waals surface area contributed by atoms with Crippen molar-refractivity contribution in [2.45, 2.75) is 83.2 Å². The number of hydrogen-bond donors (Lipinski definition) is 0. The van der Waals surface area contributed by atoms with Gasteiger partial charge in [-0.1, -0.05) is 38.7 Å². The fourth-order valence-corrected chi connectivity index (χ4v) is 5.29. The first-order valence-corrected chi connectivity index (χ1v) is 10.2. The van der Waals surface area contributed by atoms with Crippen molar-refractivity contribution < 1.29 is 17.6 Å². The summed E-state index contributed by atoms with van der Waals surface area (Å²) >= 11 is 0. The topological polar surface area (TPSA) is 0 Å². The van der Waals surface area contributed by atoms with Gasteiger partial charge in [-0.3, -0.25) is 0 Å². The van der Waals surface area contributed by atoms with Crippen LogP contribution < -0.4 is 0 Å². The van der Waals surface area contributed by atoms with Crippen molar-refractivity contribution in [2.75, 3.05) is 0 Å². The normalized spacial score (nSPS) is 30.3. The highest BCUT2D eigenvalue weighted by Gasteiger charge is 2.36. The SMILES string of the molecule is CCC[C@H]1CC[C@H](C2CCC(c3ccc(F)c(C(F)(F)F)c3)CC2)CC1. The van der Waals surface area contributed by atoms with Gasteiger partial charge in [0.05, 0.1) is 5.56 Å². The van der Waals surface area contributed by atoms with E-state index in [2.05, 4.69) is 6.92 Å². The van der Waals surface area contributed by atoms with Crippen molar-refractivity contribution >= 4 is 0 Å². The standard InChI is InChI=1S/C22H30F4/c1-2-3-15-4-6-16(7-5-15)17-8-10-18(11-9-17)19-12-13-21(23)20(14-19)22(24,25)26/h12-18H,2-11H2,1H3/t15-,16-,17?,18?. The Morgan fingerprint density at radius 2 is 1.46 bits per heavy atom. The smallest absolute Gasteiger partial charge is 0.206 e. The Bertz CT molecular complexity index is 576. The Morgan fingerprint density at radius 1 is 0.885 bits per heavy atom. The first kappa shape index (κ1) is 19.7. The van der Waals surface area contributed by atoms with Crippen LogP contribution >= 0.6 is 0 Å². The second kappa shape index (κ2) is 8.31. The molecule has 3 rings (SSSR count). The van der Waals surface area contributed by atoms with Crippen LogP contribution in [0.1, 0.15) is 88.2 Å². The van der Waals surface area contributed by atoms with Crippen LogP contribution in [0.3, 0.4) is 0 Å². The van der Waals surface area contributed by atoms with E-state index in [0.717, 1.165) is 55.6 Å². The second-order valence-corrected chi connectivity index (χ2v) is 8.42. The molecule has 2 saturated carbocycles. The van der Waals surface area contributed by atoms with Crippen LogP contribution in [-0.2, 0) is 6.18 Å². The van der Waals surface area contributed by atoms with Crippen molar-refractivity contribution in [1.29, 1.82) is 0 Å². The predicted molar refractivity (Wildman–Crippen MR) is 96.5 cm³/mol. The largest absolute Gasteiger partial charge is 0.419 e. The van der Waals surface area contributed by atoms with Gasteiger partial charge in [-0.2, -0.15) is 13.2 Å². The second-order valence-electron chi connectivity index (χ2n) is 8.42. The van der Waals surface area contributed by atoms with E-state index < -0.39 is 17.6 Å². The molecule has 0 amide bonds. The molecule has 2 aliphatic carbocycles. The Balaban J connectivity index is 1.56. The van der Waals surface area contributed by atoms with E-state index in [4.69, 9.17) is 0 Å². The minimum absolute atomic E-state index is 0.143. The molecule has 2 aliphatic rings. The lowest BCUT2D eigenvalue weighted by Crippen LogP contribution is -2.25. The number of benzene rings is 1. The highest BCUT2D eigenvalue weighted by Crippen LogP contribution is 2.45. The van der Waals surface area contributed by atoms with Crippen molar-refractivity contribution in [2.24, 2.45) is 17.8 Å².